The van der Waals surface area contributed by atoms with Crippen LogP contribution in [0, 0.1) is 0 Å². The van der Waals surface area contributed by atoms with Crippen LogP contribution in [0.4, 0.5) is 0 Å². The lowest BCUT2D eigenvalue weighted by Gasteiger charge is -2.15. The predicted octanol–water partition coefficient (Wildman–Crippen LogP) is 2.12. The smallest absolute Gasteiger partial charge is 0.133 e. The molecule has 0 radical (unpaired) electrons. The number of ether oxygens (including phenoxy) is 2. The number of hydrogen-bond acceptors (Lipinski definition) is 4. The van der Waals surface area contributed by atoms with Crippen molar-refractivity contribution in [2.24, 2.45) is 0 Å². The van der Waals surface area contributed by atoms with Crippen LogP contribution in [-0.4, -0.2) is 38.6 Å². The minimum atomic E-state index is 0.0704. The van der Waals surface area contributed by atoms with Crippen LogP contribution in [0.2, 0.25) is 0 Å². The largest absolute Gasteiger partial charge is 0.496 e. The van der Waals surface area contributed by atoms with Gasteiger partial charge in [0.25, 0.3) is 0 Å². The third-order valence-electron chi connectivity index (χ3n) is 2.61. The Labute approximate surface area is 116 Å². The van der Waals surface area contributed by atoms with Crippen LogP contribution in [0.3, 0.4) is 0 Å². The summed E-state index contributed by atoms with van der Waals surface area (Å²) in [5, 5.41) is 11.9. The summed E-state index contributed by atoms with van der Waals surface area (Å²) < 4.78 is 11.3. The Morgan fingerprint density at radius 3 is 2.78 bits per heavy atom. The molecule has 0 spiro atoms. The number of nitrogens with one attached hydrogen (secondary N) is 1. The van der Waals surface area contributed by atoms with E-state index in [0.29, 0.717) is 13.2 Å². The standard InChI is InChI=1S/C13H20BrNO3/c1-10(15-5-7-18-8-6-16)11-3-4-13(17-2)12(14)9-11/h3-4,9-10,15-16H,5-8H2,1-2H3. The molecular formula is C13H20BrNO3. The van der Waals surface area contributed by atoms with Crippen LogP contribution < -0.4 is 10.1 Å². The van der Waals surface area contributed by atoms with Crippen molar-refractivity contribution in [3.05, 3.63) is 28.2 Å². The Bertz CT molecular complexity index is 360. The molecule has 102 valence electrons. The molecule has 4 nitrogen and oxygen atoms in total. The van der Waals surface area contributed by atoms with E-state index in [4.69, 9.17) is 14.6 Å². The molecule has 1 rings (SSSR count). The number of aliphatic hydroxyl groups excluding tert-OH is 1. The summed E-state index contributed by atoms with van der Waals surface area (Å²) in [4.78, 5) is 0. The molecule has 0 aliphatic rings. The van der Waals surface area contributed by atoms with E-state index in [2.05, 4.69) is 28.2 Å². The SMILES string of the molecule is COc1ccc(C(C)NCCOCCO)cc1Br. The normalized spacial score (nSPS) is 12.4. The Kier molecular flexibility index (Phi) is 7.27. The zero-order valence-electron chi connectivity index (χ0n) is 10.8. The van der Waals surface area contributed by atoms with Gasteiger partial charge in [-0.25, -0.2) is 0 Å². The van der Waals surface area contributed by atoms with Crippen LogP contribution in [0.5, 0.6) is 5.75 Å². The summed E-state index contributed by atoms with van der Waals surface area (Å²) >= 11 is 3.47. The Balaban J connectivity index is 2.41. The van der Waals surface area contributed by atoms with E-state index in [9.17, 15) is 0 Å². The van der Waals surface area contributed by atoms with Gasteiger partial charge in [0.1, 0.15) is 5.75 Å². The fourth-order valence-electron chi connectivity index (χ4n) is 1.58. The maximum absolute atomic E-state index is 8.57. The molecule has 1 unspecified atom stereocenters. The molecule has 1 atom stereocenters. The molecule has 5 heteroatoms. The van der Waals surface area contributed by atoms with E-state index >= 15 is 0 Å². The second-order valence-corrected chi connectivity index (χ2v) is 4.76. The van der Waals surface area contributed by atoms with Crippen LogP contribution in [0.1, 0.15) is 18.5 Å². The summed E-state index contributed by atoms with van der Waals surface area (Å²) in [6.07, 6.45) is 0. The molecule has 18 heavy (non-hydrogen) atoms. The Morgan fingerprint density at radius 2 is 2.17 bits per heavy atom. The lowest BCUT2D eigenvalue weighted by atomic mass is 10.1. The molecule has 0 aliphatic carbocycles. The molecule has 0 saturated heterocycles. The fourth-order valence-corrected chi connectivity index (χ4v) is 2.14. The van der Waals surface area contributed by atoms with Crippen molar-refractivity contribution in [3.8, 4) is 5.75 Å². The van der Waals surface area contributed by atoms with E-state index < -0.39 is 0 Å². The average molecular weight is 318 g/mol. The Morgan fingerprint density at radius 1 is 1.39 bits per heavy atom. The highest BCUT2D eigenvalue weighted by molar-refractivity contribution is 9.10. The van der Waals surface area contributed by atoms with E-state index in [1.807, 2.05) is 18.2 Å². The molecule has 0 aromatic heterocycles. The molecule has 0 heterocycles. The number of aliphatic hydroxyl groups is 1. The van der Waals surface area contributed by atoms with Gasteiger partial charge in [-0.3, -0.25) is 0 Å². The van der Waals surface area contributed by atoms with Crippen molar-refractivity contribution in [1.82, 2.24) is 5.32 Å². The highest BCUT2D eigenvalue weighted by atomic mass is 79.9. The lowest BCUT2D eigenvalue weighted by molar-refractivity contribution is 0.0928. The first-order valence-corrected chi connectivity index (χ1v) is 6.73. The van der Waals surface area contributed by atoms with E-state index in [1.54, 1.807) is 7.11 Å². The van der Waals surface area contributed by atoms with Gasteiger partial charge < -0.3 is 19.9 Å². The highest BCUT2D eigenvalue weighted by Crippen LogP contribution is 2.27. The number of methoxy groups -OCH3 is 1. The average Bonchev–Trinajstić information content (AvgIpc) is 2.38. The second kappa shape index (κ2) is 8.48. The van der Waals surface area contributed by atoms with Crippen molar-refractivity contribution >= 4 is 15.9 Å². The van der Waals surface area contributed by atoms with Gasteiger partial charge in [0, 0.05) is 12.6 Å². The molecule has 0 fully saturated rings. The molecule has 1 aromatic carbocycles. The zero-order valence-corrected chi connectivity index (χ0v) is 12.4. The number of rotatable bonds is 8. The summed E-state index contributed by atoms with van der Waals surface area (Å²) in [5.74, 6) is 0.831. The molecule has 1 aromatic rings. The van der Waals surface area contributed by atoms with E-state index in [1.165, 1.54) is 5.56 Å². The quantitative estimate of drug-likeness (QED) is 0.721. The summed E-state index contributed by atoms with van der Waals surface area (Å²) in [7, 11) is 1.65. The van der Waals surface area contributed by atoms with Gasteiger partial charge in [-0.05, 0) is 40.5 Å². The summed E-state index contributed by atoms with van der Waals surface area (Å²) in [6, 6.07) is 6.27. The third-order valence-corrected chi connectivity index (χ3v) is 3.23. The monoisotopic (exact) mass is 317 g/mol. The Hall–Kier alpha value is -0.620. The molecule has 0 bridgehead atoms. The minimum absolute atomic E-state index is 0.0704. The van der Waals surface area contributed by atoms with Crippen molar-refractivity contribution in [2.45, 2.75) is 13.0 Å². The van der Waals surface area contributed by atoms with Gasteiger partial charge in [-0.15, -0.1) is 0 Å². The van der Waals surface area contributed by atoms with Gasteiger partial charge >= 0.3 is 0 Å². The molecule has 0 saturated carbocycles. The topological polar surface area (TPSA) is 50.7 Å². The summed E-state index contributed by atoms with van der Waals surface area (Å²) in [5.41, 5.74) is 1.19. The highest BCUT2D eigenvalue weighted by Gasteiger charge is 2.07. The van der Waals surface area contributed by atoms with Gasteiger partial charge in [0.05, 0.1) is 31.4 Å². The van der Waals surface area contributed by atoms with Gasteiger partial charge in [-0.1, -0.05) is 6.07 Å². The van der Waals surface area contributed by atoms with Crippen LogP contribution >= 0.6 is 15.9 Å². The fraction of sp³-hybridized carbons (Fsp3) is 0.538. The molecule has 0 amide bonds. The van der Waals surface area contributed by atoms with Crippen LogP contribution in [-0.2, 0) is 4.74 Å². The van der Waals surface area contributed by atoms with Crippen molar-refractivity contribution < 1.29 is 14.6 Å². The first kappa shape index (κ1) is 15.4. The van der Waals surface area contributed by atoms with E-state index in [-0.39, 0.29) is 12.6 Å². The maximum atomic E-state index is 8.57. The summed E-state index contributed by atoms with van der Waals surface area (Å²) in [6.45, 7) is 3.92. The molecule has 0 aliphatic heterocycles. The minimum Gasteiger partial charge on any atom is -0.496 e. The predicted molar refractivity (Wildman–Crippen MR) is 75.0 cm³/mol. The zero-order chi connectivity index (χ0) is 13.4. The number of benzene rings is 1. The van der Waals surface area contributed by atoms with Crippen LogP contribution in [0.25, 0.3) is 0 Å². The third kappa shape index (κ3) is 4.94. The second-order valence-electron chi connectivity index (χ2n) is 3.91. The molecular weight excluding hydrogens is 298 g/mol. The first-order valence-electron chi connectivity index (χ1n) is 5.94. The van der Waals surface area contributed by atoms with Crippen molar-refractivity contribution in [3.63, 3.8) is 0 Å². The van der Waals surface area contributed by atoms with Gasteiger partial charge in [0.15, 0.2) is 0 Å². The number of halogens is 1. The first-order chi connectivity index (χ1) is 8.69. The van der Waals surface area contributed by atoms with Crippen molar-refractivity contribution in [2.75, 3.05) is 33.5 Å². The molecule has 2 N–H and O–H groups in total. The lowest BCUT2D eigenvalue weighted by Crippen LogP contribution is -2.23. The van der Waals surface area contributed by atoms with Crippen LogP contribution in [0.15, 0.2) is 22.7 Å². The van der Waals surface area contributed by atoms with E-state index in [0.717, 1.165) is 16.8 Å². The van der Waals surface area contributed by atoms with Gasteiger partial charge in [-0.2, -0.15) is 0 Å². The van der Waals surface area contributed by atoms with Crippen molar-refractivity contribution in [1.29, 1.82) is 0 Å². The number of hydrogen-bond donors (Lipinski definition) is 2. The maximum Gasteiger partial charge on any atom is 0.133 e. The van der Waals surface area contributed by atoms with Gasteiger partial charge in [0.2, 0.25) is 0 Å².